The number of hydrogen-bond donors (Lipinski definition) is 2. The molecule has 1 unspecified atom stereocenters. The molecule has 2 aromatic heterocycles. The Morgan fingerprint density at radius 2 is 1.97 bits per heavy atom. The van der Waals surface area contributed by atoms with Crippen LogP contribution in [0.1, 0.15) is 54.6 Å². The first-order chi connectivity index (χ1) is 16.4. The van der Waals surface area contributed by atoms with E-state index < -0.39 is 11.2 Å². The number of amides is 1. The number of halogens is 1. The Hall–Kier alpha value is -3.49. The van der Waals surface area contributed by atoms with Crippen LogP contribution < -0.4 is 21.5 Å². The van der Waals surface area contributed by atoms with E-state index in [1.54, 1.807) is 18.2 Å². The molecule has 1 aliphatic carbocycles. The molecule has 2 aliphatic rings. The minimum Gasteiger partial charge on any atom is -0.371 e. The SMILES string of the molecule is CCCn1c(=O)[nH]c(=O)c2c(C(=O)NCC3CCN(c4ccc(F)cc4)C3)cc(C3CC3)nc21. The van der Waals surface area contributed by atoms with Gasteiger partial charge >= 0.3 is 5.69 Å². The first-order valence-corrected chi connectivity index (χ1v) is 11.9. The van der Waals surface area contributed by atoms with Crippen LogP contribution >= 0.6 is 0 Å². The zero-order chi connectivity index (χ0) is 23.8. The predicted molar refractivity (Wildman–Crippen MR) is 128 cm³/mol. The van der Waals surface area contributed by atoms with Crippen LogP contribution in [0.2, 0.25) is 0 Å². The van der Waals surface area contributed by atoms with Crippen LogP contribution in [-0.2, 0) is 6.54 Å². The molecule has 0 spiro atoms. The van der Waals surface area contributed by atoms with Gasteiger partial charge in [-0.2, -0.15) is 0 Å². The van der Waals surface area contributed by atoms with Gasteiger partial charge in [-0.15, -0.1) is 0 Å². The van der Waals surface area contributed by atoms with Gasteiger partial charge in [0.05, 0.1) is 10.9 Å². The highest BCUT2D eigenvalue weighted by Gasteiger charge is 2.29. The topological polar surface area (TPSA) is 100 Å². The van der Waals surface area contributed by atoms with Crippen LogP contribution in [0, 0.1) is 11.7 Å². The van der Waals surface area contributed by atoms with E-state index in [1.807, 2.05) is 6.92 Å². The summed E-state index contributed by atoms with van der Waals surface area (Å²) in [5, 5.41) is 3.16. The number of anilines is 1. The number of aryl methyl sites for hydroxylation is 1. The summed E-state index contributed by atoms with van der Waals surface area (Å²) in [7, 11) is 0. The van der Waals surface area contributed by atoms with Gasteiger partial charge in [0.25, 0.3) is 11.5 Å². The Labute approximate surface area is 195 Å². The highest BCUT2D eigenvalue weighted by atomic mass is 19.1. The molecule has 8 nitrogen and oxygen atoms in total. The molecule has 1 aliphatic heterocycles. The number of aromatic nitrogens is 3. The number of carbonyl (C=O) groups excluding carboxylic acids is 1. The molecule has 1 atom stereocenters. The number of hydrogen-bond acceptors (Lipinski definition) is 5. The zero-order valence-corrected chi connectivity index (χ0v) is 19.1. The van der Waals surface area contributed by atoms with Gasteiger partial charge in [0, 0.05) is 43.5 Å². The Bertz CT molecular complexity index is 1340. The Balaban J connectivity index is 1.39. The fourth-order valence-corrected chi connectivity index (χ4v) is 4.71. The molecule has 9 heteroatoms. The van der Waals surface area contributed by atoms with E-state index in [9.17, 15) is 18.8 Å². The Morgan fingerprint density at radius 3 is 2.68 bits per heavy atom. The highest BCUT2D eigenvalue weighted by Crippen LogP contribution is 2.40. The monoisotopic (exact) mass is 465 g/mol. The van der Waals surface area contributed by atoms with E-state index in [-0.39, 0.29) is 40.2 Å². The van der Waals surface area contributed by atoms with Gasteiger partial charge in [0.2, 0.25) is 0 Å². The molecule has 0 radical (unpaired) electrons. The number of aromatic amines is 1. The van der Waals surface area contributed by atoms with Gasteiger partial charge in [0.1, 0.15) is 5.82 Å². The lowest BCUT2D eigenvalue weighted by Gasteiger charge is -2.19. The lowest BCUT2D eigenvalue weighted by Crippen LogP contribution is -2.35. The van der Waals surface area contributed by atoms with E-state index in [2.05, 4.69) is 20.2 Å². The smallest absolute Gasteiger partial charge is 0.329 e. The van der Waals surface area contributed by atoms with E-state index in [1.165, 1.54) is 16.7 Å². The summed E-state index contributed by atoms with van der Waals surface area (Å²) in [5.41, 5.74) is 1.19. The minimum atomic E-state index is -0.587. The maximum atomic E-state index is 13.3. The molecule has 3 aromatic rings. The second-order valence-electron chi connectivity index (χ2n) is 9.27. The quantitative estimate of drug-likeness (QED) is 0.559. The molecule has 178 valence electrons. The van der Waals surface area contributed by atoms with Crippen LogP contribution in [0.3, 0.4) is 0 Å². The third-order valence-corrected chi connectivity index (χ3v) is 6.68. The second kappa shape index (κ2) is 9.04. The van der Waals surface area contributed by atoms with Crippen LogP contribution in [0.15, 0.2) is 39.9 Å². The van der Waals surface area contributed by atoms with E-state index in [0.717, 1.165) is 43.7 Å². The highest BCUT2D eigenvalue weighted by molar-refractivity contribution is 6.05. The predicted octanol–water partition coefficient (Wildman–Crippen LogP) is 2.77. The standard InChI is InChI=1S/C25H28FN5O3/c1-2-10-31-22-21(24(33)29-25(31)34)19(12-20(28-22)16-3-4-16)23(32)27-13-15-9-11-30(14-15)18-7-5-17(26)6-8-18/h5-8,12,15-16H,2-4,9-11,13-14H2,1H3,(H,27,32)(H,29,33,34). The molecule has 2 N–H and O–H groups in total. The van der Waals surface area contributed by atoms with E-state index >= 15 is 0 Å². The molecule has 3 heterocycles. The fourth-order valence-electron chi connectivity index (χ4n) is 4.71. The minimum absolute atomic E-state index is 0.161. The second-order valence-corrected chi connectivity index (χ2v) is 9.27. The van der Waals surface area contributed by atoms with Crippen molar-refractivity contribution in [3.05, 3.63) is 68.2 Å². The number of pyridine rings is 1. The van der Waals surface area contributed by atoms with Crippen LogP contribution in [0.5, 0.6) is 0 Å². The summed E-state index contributed by atoms with van der Waals surface area (Å²) in [6.45, 7) is 4.41. The van der Waals surface area contributed by atoms with Crippen molar-refractivity contribution in [2.45, 2.75) is 45.1 Å². The number of H-pyrrole nitrogens is 1. The molecule has 2 fully saturated rings. The summed E-state index contributed by atoms with van der Waals surface area (Å²) < 4.78 is 14.7. The molecule has 0 bridgehead atoms. The van der Waals surface area contributed by atoms with E-state index in [4.69, 9.17) is 0 Å². The summed E-state index contributed by atoms with van der Waals surface area (Å²) in [6.07, 6.45) is 3.58. The third-order valence-electron chi connectivity index (χ3n) is 6.68. The van der Waals surface area contributed by atoms with Crippen LogP contribution in [-0.4, -0.2) is 40.1 Å². The van der Waals surface area contributed by atoms with Gasteiger partial charge in [-0.3, -0.25) is 19.1 Å². The van der Waals surface area contributed by atoms with Crippen molar-refractivity contribution >= 4 is 22.6 Å². The van der Waals surface area contributed by atoms with Crippen molar-refractivity contribution in [3.63, 3.8) is 0 Å². The normalized spacial score (nSPS) is 17.9. The first-order valence-electron chi connectivity index (χ1n) is 11.9. The number of carbonyl (C=O) groups is 1. The number of fused-ring (bicyclic) bond motifs is 1. The Kier molecular flexibility index (Phi) is 5.93. The summed E-state index contributed by atoms with van der Waals surface area (Å²) in [6, 6.07) is 8.14. The van der Waals surface area contributed by atoms with Crippen molar-refractivity contribution in [2.75, 3.05) is 24.5 Å². The lowest BCUT2D eigenvalue weighted by atomic mass is 10.1. The van der Waals surface area contributed by atoms with Crippen LogP contribution in [0.4, 0.5) is 10.1 Å². The fraction of sp³-hybridized carbons (Fsp3) is 0.440. The van der Waals surface area contributed by atoms with Gasteiger partial charge in [-0.05, 0) is 61.9 Å². The molecule has 1 saturated carbocycles. The number of benzene rings is 1. The summed E-state index contributed by atoms with van der Waals surface area (Å²) in [4.78, 5) is 47.6. The molecule has 1 aromatic carbocycles. The molecular formula is C25H28FN5O3. The average molecular weight is 466 g/mol. The maximum Gasteiger partial charge on any atom is 0.329 e. The number of rotatable bonds is 7. The number of nitrogens with zero attached hydrogens (tertiary/aromatic N) is 3. The maximum absolute atomic E-state index is 13.3. The van der Waals surface area contributed by atoms with Gasteiger partial charge in [-0.25, -0.2) is 14.2 Å². The lowest BCUT2D eigenvalue weighted by molar-refractivity contribution is 0.0949. The average Bonchev–Trinajstić information content (AvgIpc) is 3.58. The van der Waals surface area contributed by atoms with Crippen molar-refractivity contribution < 1.29 is 9.18 Å². The van der Waals surface area contributed by atoms with Gasteiger partial charge in [-0.1, -0.05) is 6.92 Å². The molecule has 34 heavy (non-hydrogen) atoms. The van der Waals surface area contributed by atoms with Crippen molar-refractivity contribution in [3.8, 4) is 0 Å². The Morgan fingerprint density at radius 1 is 1.21 bits per heavy atom. The van der Waals surface area contributed by atoms with Gasteiger partial charge in [0.15, 0.2) is 5.65 Å². The summed E-state index contributed by atoms with van der Waals surface area (Å²) in [5.74, 6) is -0.0935. The van der Waals surface area contributed by atoms with Crippen LogP contribution in [0.25, 0.3) is 11.0 Å². The van der Waals surface area contributed by atoms with Crippen molar-refractivity contribution in [1.82, 2.24) is 19.9 Å². The first kappa shape index (κ1) is 22.3. The van der Waals surface area contributed by atoms with Gasteiger partial charge < -0.3 is 10.2 Å². The molecule has 1 saturated heterocycles. The molecular weight excluding hydrogens is 437 g/mol. The molecule has 1 amide bonds. The third kappa shape index (κ3) is 4.34. The van der Waals surface area contributed by atoms with E-state index in [0.29, 0.717) is 19.5 Å². The zero-order valence-electron chi connectivity index (χ0n) is 19.1. The molecule has 5 rings (SSSR count). The van der Waals surface area contributed by atoms with Crippen molar-refractivity contribution in [1.29, 1.82) is 0 Å². The number of nitrogens with one attached hydrogen (secondary N) is 2. The summed E-state index contributed by atoms with van der Waals surface area (Å²) >= 11 is 0. The largest absolute Gasteiger partial charge is 0.371 e. The van der Waals surface area contributed by atoms with Crippen molar-refractivity contribution in [2.24, 2.45) is 5.92 Å².